The van der Waals surface area contributed by atoms with Crippen LogP contribution in [0.4, 0.5) is 0 Å². The SMILES string of the molecule is CC1CC(C2=C(C#N)CNC3=C2CCCCC3)CC(c2ccccn2)C1. The Labute approximate surface area is 157 Å². The maximum Gasteiger partial charge on any atom is 0.0969 e. The van der Waals surface area contributed by atoms with Gasteiger partial charge in [-0.15, -0.1) is 0 Å². The largest absolute Gasteiger partial charge is 0.383 e. The van der Waals surface area contributed by atoms with Gasteiger partial charge in [0.05, 0.1) is 18.2 Å². The van der Waals surface area contributed by atoms with Crippen LogP contribution in [0.15, 0.2) is 46.8 Å². The molecule has 3 atom stereocenters. The zero-order valence-electron chi connectivity index (χ0n) is 15.8. The summed E-state index contributed by atoms with van der Waals surface area (Å²) in [7, 11) is 0. The highest BCUT2D eigenvalue weighted by Crippen LogP contribution is 2.46. The molecule has 1 N–H and O–H groups in total. The summed E-state index contributed by atoms with van der Waals surface area (Å²) >= 11 is 0. The number of nitrogens with one attached hydrogen (secondary N) is 1. The van der Waals surface area contributed by atoms with Gasteiger partial charge in [0.25, 0.3) is 0 Å². The minimum absolute atomic E-state index is 0.505. The van der Waals surface area contributed by atoms with Crippen molar-refractivity contribution in [1.82, 2.24) is 10.3 Å². The average molecular weight is 348 g/mol. The van der Waals surface area contributed by atoms with E-state index in [0.717, 1.165) is 31.4 Å². The fraction of sp³-hybridized carbons (Fsp3) is 0.565. The van der Waals surface area contributed by atoms with E-state index in [2.05, 4.69) is 35.4 Å². The molecule has 3 nitrogen and oxygen atoms in total. The van der Waals surface area contributed by atoms with Gasteiger partial charge in [0, 0.05) is 23.5 Å². The van der Waals surface area contributed by atoms with Crippen molar-refractivity contribution < 1.29 is 0 Å². The molecule has 1 aliphatic heterocycles. The van der Waals surface area contributed by atoms with Gasteiger partial charge in [0.2, 0.25) is 0 Å². The molecule has 3 aliphatic rings. The van der Waals surface area contributed by atoms with Crippen LogP contribution in [0.5, 0.6) is 0 Å². The van der Waals surface area contributed by atoms with Crippen LogP contribution in [0.3, 0.4) is 0 Å². The summed E-state index contributed by atoms with van der Waals surface area (Å²) in [4.78, 5) is 4.65. The third kappa shape index (κ3) is 3.43. The molecular formula is C23H29N3. The predicted molar refractivity (Wildman–Crippen MR) is 104 cm³/mol. The molecule has 2 aliphatic carbocycles. The molecule has 136 valence electrons. The van der Waals surface area contributed by atoms with Crippen molar-refractivity contribution in [2.45, 2.75) is 64.2 Å². The van der Waals surface area contributed by atoms with Crippen molar-refractivity contribution in [1.29, 1.82) is 5.26 Å². The molecule has 0 saturated heterocycles. The average Bonchev–Trinajstić information content (AvgIpc) is 2.92. The number of rotatable bonds is 2. The second-order valence-corrected chi connectivity index (χ2v) is 8.34. The lowest BCUT2D eigenvalue weighted by molar-refractivity contribution is 0.276. The number of aromatic nitrogens is 1. The summed E-state index contributed by atoms with van der Waals surface area (Å²) < 4.78 is 0. The zero-order chi connectivity index (χ0) is 17.9. The standard InChI is InChI=1S/C23H29N3/c1-16-11-17(21-8-5-6-10-25-21)13-18(12-16)23-19(14-24)15-26-22-9-4-2-3-7-20(22)23/h5-6,8,10,16-18,26H,2-4,7,9,11-13,15H2,1H3. The van der Waals surface area contributed by atoms with E-state index >= 15 is 0 Å². The summed E-state index contributed by atoms with van der Waals surface area (Å²) in [5.41, 5.74) is 6.56. The Morgan fingerprint density at radius 3 is 2.73 bits per heavy atom. The highest BCUT2D eigenvalue weighted by molar-refractivity contribution is 5.49. The molecular weight excluding hydrogens is 318 g/mol. The van der Waals surface area contributed by atoms with Crippen LogP contribution in [0.1, 0.15) is 69.9 Å². The van der Waals surface area contributed by atoms with Crippen molar-refractivity contribution in [3.8, 4) is 6.07 Å². The van der Waals surface area contributed by atoms with E-state index in [4.69, 9.17) is 0 Å². The van der Waals surface area contributed by atoms with Crippen molar-refractivity contribution in [2.24, 2.45) is 11.8 Å². The molecule has 26 heavy (non-hydrogen) atoms. The normalized spacial score (nSPS) is 29.5. The summed E-state index contributed by atoms with van der Waals surface area (Å²) in [6.45, 7) is 3.10. The molecule has 3 heteroatoms. The molecule has 2 heterocycles. The monoisotopic (exact) mass is 347 g/mol. The Bertz CT molecular complexity index is 753. The molecule has 1 fully saturated rings. The van der Waals surface area contributed by atoms with E-state index in [1.54, 1.807) is 0 Å². The van der Waals surface area contributed by atoms with Gasteiger partial charge < -0.3 is 5.32 Å². The van der Waals surface area contributed by atoms with Gasteiger partial charge in [-0.2, -0.15) is 5.26 Å². The van der Waals surface area contributed by atoms with Crippen molar-refractivity contribution in [2.75, 3.05) is 6.54 Å². The van der Waals surface area contributed by atoms with Gasteiger partial charge in [-0.1, -0.05) is 19.4 Å². The van der Waals surface area contributed by atoms with Gasteiger partial charge in [-0.3, -0.25) is 4.98 Å². The number of dihydropyridines is 1. The number of allylic oxidation sites excluding steroid dienone is 3. The fourth-order valence-electron chi connectivity index (χ4n) is 5.34. The highest BCUT2D eigenvalue weighted by Gasteiger charge is 2.35. The van der Waals surface area contributed by atoms with Gasteiger partial charge in [0.1, 0.15) is 0 Å². The molecule has 3 unspecified atom stereocenters. The lowest BCUT2D eigenvalue weighted by Crippen LogP contribution is -2.30. The number of hydrogen-bond acceptors (Lipinski definition) is 3. The topological polar surface area (TPSA) is 48.7 Å². The van der Waals surface area contributed by atoms with E-state index in [-0.39, 0.29) is 0 Å². The molecule has 0 aromatic carbocycles. The lowest BCUT2D eigenvalue weighted by atomic mass is 9.68. The second kappa shape index (κ2) is 7.66. The molecule has 0 radical (unpaired) electrons. The number of pyridine rings is 1. The van der Waals surface area contributed by atoms with Crippen LogP contribution < -0.4 is 5.32 Å². The Kier molecular flexibility index (Phi) is 5.11. The van der Waals surface area contributed by atoms with Crippen LogP contribution in [-0.4, -0.2) is 11.5 Å². The van der Waals surface area contributed by atoms with Gasteiger partial charge >= 0.3 is 0 Å². The van der Waals surface area contributed by atoms with E-state index in [0.29, 0.717) is 17.8 Å². The van der Waals surface area contributed by atoms with Gasteiger partial charge in [-0.05, 0) is 80.1 Å². The maximum absolute atomic E-state index is 9.82. The smallest absolute Gasteiger partial charge is 0.0969 e. The third-order valence-electron chi connectivity index (χ3n) is 6.44. The van der Waals surface area contributed by atoms with Crippen molar-refractivity contribution in [3.05, 3.63) is 52.5 Å². The van der Waals surface area contributed by atoms with Crippen LogP contribution in [-0.2, 0) is 0 Å². The van der Waals surface area contributed by atoms with Crippen LogP contribution in [0.2, 0.25) is 0 Å². The minimum atomic E-state index is 0.505. The van der Waals surface area contributed by atoms with Crippen LogP contribution in [0, 0.1) is 23.2 Å². The zero-order valence-corrected chi connectivity index (χ0v) is 15.8. The molecule has 1 aromatic rings. The quantitative estimate of drug-likeness (QED) is 0.795. The summed E-state index contributed by atoms with van der Waals surface area (Å²) in [6.07, 6.45) is 11.6. The number of hydrogen-bond donors (Lipinski definition) is 1. The lowest BCUT2D eigenvalue weighted by Gasteiger charge is -2.37. The van der Waals surface area contributed by atoms with E-state index in [9.17, 15) is 5.26 Å². The molecule has 1 saturated carbocycles. The fourth-order valence-corrected chi connectivity index (χ4v) is 5.34. The van der Waals surface area contributed by atoms with E-state index in [1.807, 2.05) is 12.3 Å². The second-order valence-electron chi connectivity index (χ2n) is 8.34. The Balaban J connectivity index is 1.68. The molecule has 0 bridgehead atoms. The Morgan fingerprint density at radius 1 is 1.08 bits per heavy atom. The van der Waals surface area contributed by atoms with Crippen LogP contribution >= 0.6 is 0 Å². The maximum atomic E-state index is 9.82. The highest BCUT2D eigenvalue weighted by atomic mass is 14.9. The minimum Gasteiger partial charge on any atom is -0.383 e. The van der Waals surface area contributed by atoms with Crippen molar-refractivity contribution >= 4 is 0 Å². The number of nitriles is 1. The van der Waals surface area contributed by atoms with Gasteiger partial charge in [-0.25, -0.2) is 0 Å². The summed E-state index contributed by atoms with van der Waals surface area (Å²) in [5.74, 6) is 1.70. The molecule has 1 aromatic heterocycles. The first-order valence-corrected chi connectivity index (χ1v) is 10.3. The molecule has 0 amide bonds. The first-order valence-electron chi connectivity index (χ1n) is 10.3. The number of nitrogens with zero attached hydrogens (tertiary/aromatic N) is 2. The third-order valence-corrected chi connectivity index (χ3v) is 6.44. The Morgan fingerprint density at radius 2 is 1.92 bits per heavy atom. The van der Waals surface area contributed by atoms with Crippen molar-refractivity contribution in [3.63, 3.8) is 0 Å². The first-order chi connectivity index (χ1) is 12.8. The summed E-state index contributed by atoms with van der Waals surface area (Å²) in [5, 5.41) is 13.4. The predicted octanol–water partition coefficient (Wildman–Crippen LogP) is 5.24. The van der Waals surface area contributed by atoms with Crippen LogP contribution in [0.25, 0.3) is 0 Å². The Hall–Kier alpha value is -2.08. The summed E-state index contributed by atoms with van der Waals surface area (Å²) in [6, 6.07) is 8.82. The molecule has 0 spiro atoms. The van der Waals surface area contributed by atoms with Gasteiger partial charge in [0.15, 0.2) is 0 Å². The van der Waals surface area contributed by atoms with E-state index < -0.39 is 0 Å². The molecule has 4 rings (SSSR count). The van der Waals surface area contributed by atoms with E-state index in [1.165, 1.54) is 54.6 Å². The first kappa shape index (κ1) is 17.3.